The molecule has 2 atom stereocenters. The Hall–Kier alpha value is -0.410. The number of halogens is 1. The first-order valence-corrected chi connectivity index (χ1v) is 5.94. The molecular weight excluding hydrogens is 240 g/mol. The third-order valence-corrected chi connectivity index (χ3v) is 3.39. The van der Waals surface area contributed by atoms with E-state index in [1.165, 1.54) is 18.4 Å². The molecule has 14 heavy (non-hydrogen) atoms. The van der Waals surface area contributed by atoms with Gasteiger partial charge in [0.1, 0.15) is 0 Å². The number of rotatable bonds is 2. The Morgan fingerprint density at radius 3 is 3.14 bits per heavy atom. The quantitative estimate of drug-likeness (QED) is 0.878. The number of hydrogen-bond donors (Lipinski definition) is 1. The SMILES string of the molecule is CCC1CCNC1c1cncc(Br)c1. The van der Waals surface area contributed by atoms with Crippen LogP contribution in [0.2, 0.25) is 0 Å². The van der Waals surface area contributed by atoms with Crippen LogP contribution < -0.4 is 5.32 Å². The Balaban J connectivity index is 2.21. The molecule has 0 amide bonds. The van der Waals surface area contributed by atoms with E-state index in [0.717, 1.165) is 16.9 Å². The zero-order chi connectivity index (χ0) is 9.97. The van der Waals surface area contributed by atoms with E-state index < -0.39 is 0 Å². The molecule has 1 fully saturated rings. The van der Waals surface area contributed by atoms with Crippen molar-refractivity contribution in [1.82, 2.24) is 10.3 Å². The molecule has 1 aliphatic rings. The highest BCUT2D eigenvalue weighted by Gasteiger charge is 2.26. The van der Waals surface area contributed by atoms with Crippen molar-refractivity contribution in [2.75, 3.05) is 6.54 Å². The normalized spacial score (nSPS) is 26.7. The largest absolute Gasteiger partial charge is 0.310 e. The number of hydrogen-bond acceptors (Lipinski definition) is 2. The first-order valence-electron chi connectivity index (χ1n) is 5.15. The van der Waals surface area contributed by atoms with Gasteiger partial charge >= 0.3 is 0 Å². The Kier molecular flexibility index (Phi) is 3.19. The molecule has 0 radical (unpaired) electrons. The second kappa shape index (κ2) is 4.41. The smallest absolute Gasteiger partial charge is 0.0410 e. The summed E-state index contributed by atoms with van der Waals surface area (Å²) < 4.78 is 1.07. The van der Waals surface area contributed by atoms with Crippen LogP contribution in [0.15, 0.2) is 22.9 Å². The maximum atomic E-state index is 4.21. The van der Waals surface area contributed by atoms with Gasteiger partial charge < -0.3 is 5.32 Å². The van der Waals surface area contributed by atoms with Crippen molar-refractivity contribution in [3.05, 3.63) is 28.5 Å². The van der Waals surface area contributed by atoms with Crippen molar-refractivity contribution >= 4 is 15.9 Å². The third-order valence-electron chi connectivity index (χ3n) is 2.96. The van der Waals surface area contributed by atoms with Crippen molar-refractivity contribution < 1.29 is 0 Å². The second-order valence-electron chi connectivity index (χ2n) is 3.83. The summed E-state index contributed by atoms with van der Waals surface area (Å²) in [5.74, 6) is 0.770. The van der Waals surface area contributed by atoms with Crippen LogP contribution in [-0.2, 0) is 0 Å². The van der Waals surface area contributed by atoms with Gasteiger partial charge in [0.15, 0.2) is 0 Å². The molecule has 0 saturated carbocycles. The molecule has 0 bridgehead atoms. The predicted octanol–water partition coefficient (Wildman–Crippen LogP) is 2.90. The topological polar surface area (TPSA) is 24.9 Å². The molecule has 1 aromatic rings. The van der Waals surface area contributed by atoms with E-state index in [2.05, 4.69) is 39.2 Å². The first kappa shape index (κ1) is 10.1. The molecule has 2 heterocycles. The maximum Gasteiger partial charge on any atom is 0.0410 e. The summed E-state index contributed by atoms with van der Waals surface area (Å²) in [6, 6.07) is 2.67. The Morgan fingerprint density at radius 2 is 2.43 bits per heavy atom. The van der Waals surface area contributed by atoms with Crippen molar-refractivity contribution in [2.45, 2.75) is 25.8 Å². The fourth-order valence-corrected chi connectivity index (χ4v) is 2.57. The second-order valence-corrected chi connectivity index (χ2v) is 4.74. The molecule has 2 nitrogen and oxygen atoms in total. The molecule has 76 valence electrons. The molecule has 1 aliphatic heterocycles. The molecule has 2 unspecified atom stereocenters. The Morgan fingerprint density at radius 1 is 1.57 bits per heavy atom. The Bertz CT molecular complexity index is 314. The van der Waals surface area contributed by atoms with Crippen LogP contribution in [0.4, 0.5) is 0 Å². The summed E-state index contributed by atoms with van der Waals surface area (Å²) >= 11 is 3.46. The minimum atomic E-state index is 0.505. The van der Waals surface area contributed by atoms with Crippen molar-refractivity contribution in [1.29, 1.82) is 0 Å². The average molecular weight is 255 g/mol. The van der Waals surface area contributed by atoms with Crippen LogP contribution in [0, 0.1) is 5.92 Å². The van der Waals surface area contributed by atoms with E-state index in [0.29, 0.717) is 6.04 Å². The summed E-state index contributed by atoms with van der Waals surface area (Å²) in [5, 5.41) is 3.54. The van der Waals surface area contributed by atoms with Gasteiger partial charge in [0, 0.05) is 22.9 Å². The molecule has 0 spiro atoms. The first-order chi connectivity index (χ1) is 6.81. The van der Waals surface area contributed by atoms with E-state index >= 15 is 0 Å². The fraction of sp³-hybridized carbons (Fsp3) is 0.545. The standard InChI is InChI=1S/C11H15BrN2/c1-2-8-3-4-14-11(8)9-5-10(12)7-13-6-9/h5-8,11,14H,2-4H2,1H3. The van der Waals surface area contributed by atoms with E-state index in [1.807, 2.05) is 12.4 Å². The molecule has 2 rings (SSSR count). The highest BCUT2D eigenvalue weighted by atomic mass is 79.9. The number of pyridine rings is 1. The van der Waals surface area contributed by atoms with Gasteiger partial charge in [0.05, 0.1) is 0 Å². The van der Waals surface area contributed by atoms with Gasteiger partial charge in [0.25, 0.3) is 0 Å². The predicted molar refractivity (Wildman–Crippen MR) is 61.1 cm³/mol. The highest BCUT2D eigenvalue weighted by Crippen LogP contribution is 2.32. The third kappa shape index (κ3) is 1.98. The van der Waals surface area contributed by atoms with Crippen LogP contribution in [0.1, 0.15) is 31.4 Å². The van der Waals surface area contributed by atoms with Gasteiger partial charge in [0.2, 0.25) is 0 Å². The molecular formula is C11H15BrN2. The van der Waals surface area contributed by atoms with E-state index in [9.17, 15) is 0 Å². The summed E-state index contributed by atoms with van der Waals surface area (Å²) in [5.41, 5.74) is 1.31. The summed E-state index contributed by atoms with van der Waals surface area (Å²) in [6.45, 7) is 3.39. The Labute approximate surface area is 93.3 Å². The zero-order valence-electron chi connectivity index (χ0n) is 8.33. The van der Waals surface area contributed by atoms with E-state index in [1.54, 1.807) is 0 Å². The number of aromatic nitrogens is 1. The molecule has 0 aromatic carbocycles. The van der Waals surface area contributed by atoms with Crippen LogP contribution in [0.25, 0.3) is 0 Å². The monoisotopic (exact) mass is 254 g/mol. The molecule has 1 saturated heterocycles. The minimum Gasteiger partial charge on any atom is -0.310 e. The summed E-state index contributed by atoms with van der Waals surface area (Å²) in [4.78, 5) is 4.21. The number of nitrogens with zero attached hydrogens (tertiary/aromatic N) is 1. The van der Waals surface area contributed by atoms with Gasteiger partial charge in [-0.25, -0.2) is 0 Å². The molecule has 3 heteroatoms. The lowest BCUT2D eigenvalue weighted by molar-refractivity contribution is 0.448. The van der Waals surface area contributed by atoms with Gasteiger partial charge in [-0.1, -0.05) is 13.3 Å². The molecule has 1 aromatic heterocycles. The number of nitrogens with one attached hydrogen (secondary N) is 1. The summed E-state index contributed by atoms with van der Waals surface area (Å²) in [6.07, 6.45) is 6.33. The average Bonchev–Trinajstić information content (AvgIpc) is 2.65. The van der Waals surface area contributed by atoms with Crippen LogP contribution >= 0.6 is 15.9 Å². The molecule has 1 N–H and O–H groups in total. The minimum absolute atomic E-state index is 0.505. The van der Waals surface area contributed by atoms with Crippen LogP contribution in [0.3, 0.4) is 0 Å². The lowest BCUT2D eigenvalue weighted by Crippen LogP contribution is -2.17. The van der Waals surface area contributed by atoms with Crippen LogP contribution in [0.5, 0.6) is 0 Å². The molecule has 0 aliphatic carbocycles. The van der Waals surface area contributed by atoms with Crippen LogP contribution in [-0.4, -0.2) is 11.5 Å². The lowest BCUT2D eigenvalue weighted by Gasteiger charge is -2.18. The van der Waals surface area contributed by atoms with Gasteiger partial charge in [-0.05, 0) is 46.4 Å². The highest BCUT2D eigenvalue weighted by molar-refractivity contribution is 9.10. The van der Waals surface area contributed by atoms with Crippen molar-refractivity contribution in [3.63, 3.8) is 0 Å². The van der Waals surface area contributed by atoms with Crippen molar-refractivity contribution in [3.8, 4) is 0 Å². The van der Waals surface area contributed by atoms with E-state index in [4.69, 9.17) is 0 Å². The summed E-state index contributed by atoms with van der Waals surface area (Å²) in [7, 11) is 0. The van der Waals surface area contributed by atoms with E-state index in [-0.39, 0.29) is 0 Å². The fourth-order valence-electron chi connectivity index (χ4n) is 2.19. The zero-order valence-corrected chi connectivity index (χ0v) is 9.92. The van der Waals surface area contributed by atoms with Crippen molar-refractivity contribution in [2.24, 2.45) is 5.92 Å². The van der Waals surface area contributed by atoms with Gasteiger partial charge in [-0.3, -0.25) is 4.98 Å². The lowest BCUT2D eigenvalue weighted by atomic mass is 9.93. The maximum absolute atomic E-state index is 4.21. The van der Waals surface area contributed by atoms with Gasteiger partial charge in [-0.15, -0.1) is 0 Å². The van der Waals surface area contributed by atoms with Gasteiger partial charge in [-0.2, -0.15) is 0 Å².